The molecule has 5 nitrogen and oxygen atoms in total. The summed E-state index contributed by atoms with van der Waals surface area (Å²) in [6, 6.07) is -0.163. The maximum Gasteiger partial charge on any atom is 0.320 e. The molecule has 90 valence electrons. The summed E-state index contributed by atoms with van der Waals surface area (Å²) in [4.78, 5) is 12.8. The van der Waals surface area contributed by atoms with E-state index in [0.29, 0.717) is 19.1 Å². The second-order valence-corrected chi connectivity index (χ2v) is 3.75. The second-order valence-electron chi connectivity index (χ2n) is 3.75. The van der Waals surface area contributed by atoms with Crippen LogP contribution in [0, 0.1) is 0 Å². The Morgan fingerprint density at radius 1 is 1.60 bits per heavy atom. The fourth-order valence-electron chi connectivity index (χ4n) is 1.31. The Hall–Kier alpha value is -0.650. The molecule has 0 saturated carbocycles. The van der Waals surface area contributed by atoms with E-state index in [1.54, 1.807) is 14.2 Å². The molecule has 0 rings (SSSR count). The van der Waals surface area contributed by atoms with Crippen molar-refractivity contribution in [1.29, 1.82) is 0 Å². The number of hydrogen-bond donors (Lipinski definition) is 2. The van der Waals surface area contributed by atoms with E-state index in [9.17, 15) is 4.79 Å². The van der Waals surface area contributed by atoms with E-state index >= 15 is 0 Å². The van der Waals surface area contributed by atoms with E-state index in [2.05, 4.69) is 17.1 Å². The lowest BCUT2D eigenvalue weighted by atomic mass is 10.2. The minimum atomic E-state index is -0.801. The molecule has 0 saturated heterocycles. The highest BCUT2D eigenvalue weighted by atomic mass is 16.5. The fourth-order valence-corrected chi connectivity index (χ4v) is 1.31. The van der Waals surface area contributed by atoms with E-state index in [1.807, 2.05) is 7.05 Å². The van der Waals surface area contributed by atoms with Crippen LogP contribution in [0.25, 0.3) is 0 Å². The van der Waals surface area contributed by atoms with Gasteiger partial charge in [0.15, 0.2) is 0 Å². The molecule has 2 unspecified atom stereocenters. The zero-order valence-corrected chi connectivity index (χ0v) is 9.99. The third-order valence-corrected chi connectivity index (χ3v) is 2.58. The highest BCUT2D eigenvalue weighted by Crippen LogP contribution is 2.00. The summed E-state index contributed by atoms with van der Waals surface area (Å²) in [6.45, 7) is 3.45. The third-order valence-electron chi connectivity index (χ3n) is 2.58. The molecule has 0 heterocycles. The average molecular weight is 218 g/mol. The lowest BCUT2D eigenvalue weighted by Gasteiger charge is -2.25. The normalized spacial score (nSPS) is 15.3. The van der Waals surface area contributed by atoms with Crippen molar-refractivity contribution in [2.45, 2.75) is 25.4 Å². The van der Waals surface area contributed by atoms with Crippen LogP contribution in [0.3, 0.4) is 0 Å². The highest BCUT2D eigenvalue weighted by Gasteiger charge is 2.16. The van der Waals surface area contributed by atoms with Crippen LogP contribution >= 0.6 is 0 Å². The second kappa shape index (κ2) is 7.62. The number of hydrogen-bond acceptors (Lipinski definition) is 4. The summed E-state index contributed by atoms with van der Waals surface area (Å²) in [6.07, 6.45) is 0.594. The van der Waals surface area contributed by atoms with E-state index in [-0.39, 0.29) is 0 Å². The minimum absolute atomic E-state index is 0.307. The van der Waals surface area contributed by atoms with Gasteiger partial charge in [-0.3, -0.25) is 4.79 Å². The molecule has 0 spiro atoms. The van der Waals surface area contributed by atoms with Crippen molar-refractivity contribution in [3.8, 4) is 0 Å². The van der Waals surface area contributed by atoms with Gasteiger partial charge >= 0.3 is 5.97 Å². The van der Waals surface area contributed by atoms with Crippen LogP contribution in [-0.4, -0.2) is 62.4 Å². The Bertz CT molecular complexity index is 188. The first kappa shape index (κ1) is 14.3. The molecule has 2 atom stereocenters. The van der Waals surface area contributed by atoms with Crippen LogP contribution in [0.1, 0.15) is 13.3 Å². The topological polar surface area (TPSA) is 61.8 Å². The Morgan fingerprint density at radius 3 is 2.60 bits per heavy atom. The first-order valence-electron chi connectivity index (χ1n) is 5.12. The van der Waals surface area contributed by atoms with Crippen molar-refractivity contribution in [3.63, 3.8) is 0 Å². The maximum absolute atomic E-state index is 10.7. The quantitative estimate of drug-likeness (QED) is 0.601. The smallest absolute Gasteiger partial charge is 0.320 e. The van der Waals surface area contributed by atoms with E-state index in [0.717, 1.165) is 6.54 Å². The molecule has 0 aromatic heterocycles. The van der Waals surface area contributed by atoms with E-state index < -0.39 is 12.0 Å². The lowest BCUT2D eigenvalue weighted by Crippen LogP contribution is -2.40. The van der Waals surface area contributed by atoms with Gasteiger partial charge in [-0.05, 0) is 27.4 Å². The Kier molecular flexibility index (Phi) is 7.29. The molecule has 2 N–H and O–H groups in total. The summed E-state index contributed by atoms with van der Waals surface area (Å²) >= 11 is 0. The van der Waals surface area contributed by atoms with Crippen LogP contribution in [0.15, 0.2) is 0 Å². The number of ether oxygens (including phenoxy) is 1. The molecule has 0 bridgehead atoms. The van der Waals surface area contributed by atoms with Gasteiger partial charge in [0.2, 0.25) is 0 Å². The molecule has 0 aromatic rings. The van der Waals surface area contributed by atoms with Gasteiger partial charge in [0, 0.05) is 19.7 Å². The summed E-state index contributed by atoms with van der Waals surface area (Å²) in [5, 5.41) is 11.6. The number of carboxylic acids is 1. The number of nitrogens with zero attached hydrogens (tertiary/aromatic N) is 1. The molecule has 0 aliphatic rings. The lowest BCUT2D eigenvalue weighted by molar-refractivity contribution is -0.139. The van der Waals surface area contributed by atoms with Gasteiger partial charge in [-0.2, -0.15) is 0 Å². The van der Waals surface area contributed by atoms with Crippen molar-refractivity contribution < 1.29 is 14.6 Å². The molecular weight excluding hydrogens is 196 g/mol. The number of carbonyl (C=O) groups is 1. The maximum atomic E-state index is 10.7. The zero-order valence-electron chi connectivity index (χ0n) is 9.99. The van der Waals surface area contributed by atoms with Crippen molar-refractivity contribution in [3.05, 3.63) is 0 Å². The molecule has 0 aromatic carbocycles. The van der Waals surface area contributed by atoms with Gasteiger partial charge in [0.05, 0.1) is 6.61 Å². The predicted octanol–water partition coefficient (Wildman–Crippen LogP) is 0.0158. The van der Waals surface area contributed by atoms with E-state index in [4.69, 9.17) is 9.84 Å². The van der Waals surface area contributed by atoms with Crippen LogP contribution < -0.4 is 5.32 Å². The van der Waals surface area contributed by atoms with Crippen LogP contribution in [0.2, 0.25) is 0 Å². The zero-order chi connectivity index (χ0) is 11.8. The minimum Gasteiger partial charge on any atom is -0.480 e. The summed E-state index contributed by atoms with van der Waals surface area (Å²) in [5.74, 6) is -0.801. The van der Waals surface area contributed by atoms with Gasteiger partial charge in [-0.1, -0.05) is 0 Å². The number of aliphatic carboxylic acids is 1. The summed E-state index contributed by atoms with van der Waals surface area (Å²) < 4.78 is 5.03. The van der Waals surface area contributed by atoms with Gasteiger partial charge in [-0.25, -0.2) is 0 Å². The molecule has 0 amide bonds. The van der Waals surface area contributed by atoms with Crippen molar-refractivity contribution in [2.24, 2.45) is 0 Å². The third kappa shape index (κ3) is 5.71. The number of carboxylic acid groups (broad SMARTS) is 1. The molecule has 0 aliphatic heterocycles. The first-order valence-corrected chi connectivity index (χ1v) is 5.12. The van der Waals surface area contributed by atoms with Gasteiger partial charge in [0.25, 0.3) is 0 Å². The van der Waals surface area contributed by atoms with Crippen molar-refractivity contribution in [1.82, 2.24) is 10.2 Å². The van der Waals surface area contributed by atoms with Crippen molar-refractivity contribution in [2.75, 3.05) is 34.4 Å². The Labute approximate surface area is 91.4 Å². The molecule has 0 fully saturated rings. The highest BCUT2D eigenvalue weighted by molar-refractivity contribution is 5.73. The Balaban J connectivity index is 3.86. The fraction of sp³-hybridized carbons (Fsp3) is 0.900. The largest absolute Gasteiger partial charge is 0.480 e. The number of methoxy groups -OCH3 is 1. The van der Waals surface area contributed by atoms with Gasteiger partial charge in [0.1, 0.15) is 6.04 Å². The molecular formula is C10H22N2O3. The predicted molar refractivity (Wildman–Crippen MR) is 59.1 cm³/mol. The molecule has 5 heteroatoms. The number of likely N-dealkylation sites (N-methyl/N-ethyl adjacent to an activating group) is 2. The number of rotatable bonds is 8. The monoisotopic (exact) mass is 218 g/mol. The standard InChI is InChI=1S/C10H22N2O3/c1-8(7-15-4)12(3)6-5-9(11-2)10(13)14/h8-9,11H,5-7H2,1-4H3,(H,13,14). The first-order chi connectivity index (χ1) is 7.02. The van der Waals surface area contributed by atoms with Gasteiger partial charge < -0.3 is 20.1 Å². The average Bonchev–Trinajstić information content (AvgIpc) is 2.18. The molecule has 0 aliphatic carbocycles. The molecule has 0 radical (unpaired) electrons. The van der Waals surface area contributed by atoms with Gasteiger partial charge in [-0.15, -0.1) is 0 Å². The van der Waals surface area contributed by atoms with E-state index in [1.165, 1.54) is 0 Å². The Morgan fingerprint density at radius 2 is 2.20 bits per heavy atom. The molecule has 15 heavy (non-hydrogen) atoms. The summed E-state index contributed by atoms with van der Waals surface area (Å²) in [5.41, 5.74) is 0. The summed E-state index contributed by atoms with van der Waals surface area (Å²) in [7, 11) is 5.30. The van der Waals surface area contributed by atoms with Crippen LogP contribution in [-0.2, 0) is 9.53 Å². The SMILES string of the molecule is CNC(CCN(C)C(C)COC)C(=O)O. The van der Waals surface area contributed by atoms with Crippen LogP contribution in [0.5, 0.6) is 0 Å². The van der Waals surface area contributed by atoms with Crippen molar-refractivity contribution >= 4 is 5.97 Å². The van der Waals surface area contributed by atoms with Crippen LogP contribution in [0.4, 0.5) is 0 Å². The number of nitrogens with one attached hydrogen (secondary N) is 1.